The number of nitrogens with zero attached hydrogens (tertiary/aromatic N) is 3. The van der Waals surface area contributed by atoms with E-state index >= 15 is 0 Å². The van der Waals surface area contributed by atoms with E-state index in [9.17, 15) is 5.11 Å². The van der Waals surface area contributed by atoms with Crippen LogP contribution < -0.4 is 0 Å². The van der Waals surface area contributed by atoms with Crippen LogP contribution in [0.25, 0.3) is 16.7 Å². The van der Waals surface area contributed by atoms with E-state index in [1.54, 1.807) is 12.1 Å². The predicted octanol–water partition coefficient (Wildman–Crippen LogP) is 4.01. The largest absolute Gasteiger partial charge is 0.692 e. The second-order valence-electron chi connectivity index (χ2n) is 6.81. The van der Waals surface area contributed by atoms with Gasteiger partial charge in [0.2, 0.25) is 0 Å². The summed E-state index contributed by atoms with van der Waals surface area (Å²) in [5.74, 6) is 0.213. The van der Waals surface area contributed by atoms with E-state index in [0.717, 1.165) is 16.6 Å². The highest BCUT2D eigenvalue weighted by molar-refractivity contribution is 7.30. The lowest BCUT2D eigenvalue weighted by atomic mass is 9.85. The topological polar surface area (TPSA) is 108 Å². The molecule has 3 aromatic rings. The van der Waals surface area contributed by atoms with Gasteiger partial charge in [0.1, 0.15) is 22.5 Å². The lowest BCUT2D eigenvalue weighted by Gasteiger charge is -2.22. The molecular formula is C17H20ClN3O4P+. The Kier molecular flexibility index (Phi) is 5.98. The van der Waals surface area contributed by atoms with E-state index < -0.39 is 8.25 Å². The molecule has 0 aliphatic carbocycles. The third-order valence-electron chi connectivity index (χ3n) is 3.60. The molecule has 0 spiro atoms. The smallest absolute Gasteiger partial charge is 0.505 e. The second-order valence-corrected chi connectivity index (χ2v) is 7.75. The highest BCUT2D eigenvalue weighted by atomic mass is 35.5. The first kappa shape index (κ1) is 20.3. The summed E-state index contributed by atoms with van der Waals surface area (Å²) >= 11 is 5.99. The van der Waals surface area contributed by atoms with Gasteiger partial charge in [0, 0.05) is 15.2 Å². The van der Waals surface area contributed by atoms with Crippen LogP contribution in [0.5, 0.6) is 5.75 Å². The number of benzene rings is 2. The van der Waals surface area contributed by atoms with Crippen molar-refractivity contribution in [3.8, 4) is 11.4 Å². The van der Waals surface area contributed by atoms with Gasteiger partial charge in [-0.15, -0.1) is 24.8 Å². The highest BCUT2D eigenvalue weighted by Gasteiger charge is 2.22. The number of aromatic nitrogens is 3. The number of hydrogen-bond acceptors (Lipinski definition) is 4. The first-order valence-electron chi connectivity index (χ1n) is 7.71. The van der Waals surface area contributed by atoms with Crippen LogP contribution in [0, 0.1) is 6.92 Å². The number of fused-ring (bicyclic) bond motifs is 1. The van der Waals surface area contributed by atoms with E-state index in [0.29, 0.717) is 16.2 Å². The summed E-state index contributed by atoms with van der Waals surface area (Å²) in [5.41, 5.74) is 3.78. The third-order valence-corrected chi connectivity index (χ3v) is 3.84. The van der Waals surface area contributed by atoms with Crippen molar-refractivity contribution in [1.29, 1.82) is 0 Å². The standard InChI is InChI=1S/C17H18ClN3O.HO3P/c1-10-7-12(17(2,3)4)16(22)15(8-10)21-19-13-6-5-11(18)9-14(13)20-21;1-4(2)3/h5-9,22H,1-4H3;(H-,1,2,3)/p+1. The highest BCUT2D eigenvalue weighted by Crippen LogP contribution is 2.36. The normalized spacial score (nSPS) is 11.2. The van der Waals surface area contributed by atoms with Gasteiger partial charge in [-0.05, 0) is 42.2 Å². The molecule has 0 atom stereocenters. The number of phenolic OH excluding ortho intramolecular Hbond substituents is 1. The van der Waals surface area contributed by atoms with E-state index in [4.69, 9.17) is 26.0 Å². The van der Waals surface area contributed by atoms with E-state index in [2.05, 4.69) is 31.0 Å². The van der Waals surface area contributed by atoms with Gasteiger partial charge in [-0.25, -0.2) is 0 Å². The van der Waals surface area contributed by atoms with Crippen LogP contribution in [0.4, 0.5) is 0 Å². The molecule has 0 aliphatic heterocycles. The van der Waals surface area contributed by atoms with Gasteiger partial charge in [0.05, 0.1) is 0 Å². The zero-order valence-electron chi connectivity index (χ0n) is 14.8. The summed E-state index contributed by atoms with van der Waals surface area (Å²) in [4.78, 5) is 15.7. The van der Waals surface area contributed by atoms with Gasteiger partial charge < -0.3 is 5.11 Å². The number of hydrogen-bond donors (Lipinski definition) is 3. The quantitative estimate of drug-likeness (QED) is 0.536. The Morgan fingerprint density at radius 2 is 1.65 bits per heavy atom. The summed E-state index contributed by atoms with van der Waals surface area (Å²) < 4.78 is 8.70. The van der Waals surface area contributed by atoms with Gasteiger partial charge in [-0.3, -0.25) is 0 Å². The molecule has 0 radical (unpaired) electrons. The van der Waals surface area contributed by atoms with Gasteiger partial charge in [0.25, 0.3) is 0 Å². The van der Waals surface area contributed by atoms with Crippen molar-refractivity contribution in [1.82, 2.24) is 15.0 Å². The van der Waals surface area contributed by atoms with Gasteiger partial charge in [-0.2, -0.15) is 0 Å². The molecule has 0 bridgehead atoms. The molecule has 1 aromatic heterocycles. The minimum Gasteiger partial charge on any atom is -0.505 e. The van der Waals surface area contributed by atoms with Crippen molar-refractivity contribution in [3.63, 3.8) is 0 Å². The summed E-state index contributed by atoms with van der Waals surface area (Å²) in [5, 5.41) is 20.1. The molecule has 0 unspecified atom stereocenters. The average Bonchev–Trinajstić information content (AvgIpc) is 2.90. The molecule has 7 nitrogen and oxygen atoms in total. The van der Waals surface area contributed by atoms with Gasteiger partial charge in [0.15, 0.2) is 0 Å². The van der Waals surface area contributed by atoms with Crippen LogP contribution in [0.3, 0.4) is 0 Å². The molecular weight excluding hydrogens is 377 g/mol. The molecule has 1 heterocycles. The Morgan fingerprint density at radius 3 is 2.23 bits per heavy atom. The summed E-state index contributed by atoms with van der Waals surface area (Å²) in [6.07, 6.45) is 0. The van der Waals surface area contributed by atoms with Crippen LogP contribution >= 0.6 is 19.9 Å². The summed E-state index contributed by atoms with van der Waals surface area (Å²) in [7, 11) is -2.87. The molecule has 9 heteroatoms. The SMILES string of the molecule is Cc1cc(-n2nc3ccc(Cl)cc3n2)c(O)c(C(C)(C)C)c1.O=[P+](O)O. The fourth-order valence-electron chi connectivity index (χ4n) is 2.48. The molecule has 2 aromatic carbocycles. The Bertz CT molecular complexity index is 963. The Labute approximate surface area is 156 Å². The first-order valence-corrected chi connectivity index (χ1v) is 9.25. The van der Waals surface area contributed by atoms with Crippen LogP contribution in [-0.4, -0.2) is 29.9 Å². The van der Waals surface area contributed by atoms with E-state index in [1.165, 1.54) is 4.80 Å². The van der Waals surface area contributed by atoms with Gasteiger partial charge in [-0.1, -0.05) is 38.4 Å². The van der Waals surface area contributed by atoms with Crippen molar-refractivity contribution in [2.24, 2.45) is 0 Å². The number of phenols is 1. The van der Waals surface area contributed by atoms with Crippen molar-refractivity contribution in [3.05, 3.63) is 46.5 Å². The Balaban J connectivity index is 0.000000552. The molecule has 0 saturated carbocycles. The Hall–Kier alpha value is -2.05. The second kappa shape index (κ2) is 7.68. The molecule has 3 rings (SSSR count). The predicted molar refractivity (Wildman–Crippen MR) is 101 cm³/mol. The van der Waals surface area contributed by atoms with Crippen LogP contribution in [-0.2, 0) is 9.98 Å². The fraction of sp³-hybridized carbons (Fsp3) is 0.294. The molecule has 3 N–H and O–H groups in total. The number of aryl methyl sites for hydroxylation is 1. The van der Waals surface area contributed by atoms with Crippen molar-refractivity contribution >= 4 is 30.9 Å². The Morgan fingerprint density at radius 1 is 1.08 bits per heavy atom. The zero-order chi connectivity index (χ0) is 19.6. The molecule has 138 valence electrons. The molecule has 26 heavy (non-hydrogen) atoms. The summed E-state index contributed by atoms with van der Waals surface area (Å²) in [6.45, 7) is 8.20. The maximum atomic E-state index is 10.7. The maximum Gasteiger partial charge on any atom is 0.692 e. The first-order chi connectivity index (χ1) is 12.0. The zero-order valence-corrected chi connectivity index (χ0v) is 16.5. The lowest BCUT2D eigenvalue weighted by Crippen LogP contribution is -2.13. The average molecular weight is 397 g/mol. The summed E-state index contributed by atoms with van der Waals surface area (Å²) in [6, 6.07) is 9.24. The molecule has 0 saturated heterocycles. The van der Waals surface area contributed by atoms with Crippen LogP contribution in [0.15, 0.2) is 30.3 Å². The minimum absolute atomic E-state index is 0.166. The molecule has 0 fully saturated rings. The number of rotatable bonds is 1. The fourth-order valence-corrected chi connectivity index (χ4v) is 2.65. The monoisotopic (exact) mass is 396 g/mol. The maximum absolute atomic E-state index is 10.7. The van der Waals surface area contributed by atoms with Gasteiger partial charge >= 0.3 is 8.25 Å². The van der Waals surface area contributed by atoms with Crippen molar-refractivity contribution in [2.45, 2.75) is 33.1 Å². The van der Waals surface area contributed by atoms with Crippen molar-refractivity contribution in [2.75, 3.05) is 0 Å². The van der Waals surface area contributed by atoms with E-state index in [-0.39, 0.29) is 11.2 Å². The third kappa shape index (κ3) is 4.77. The number of aromatic hydroxyl groups is 1. The van der Waals surface area contributed by atoms with Crippen molar-refractivity contribution < 1.29 is 19.5 Å². The molecule has 0 amide bonds. The van der Waals surface area contributed by atoms with Crippen LogP contribution in [0.2, 0.25) is 5.02 Å². The number of halogens is 1. The van der Waals surface area contributed by atoms with E-state index in [1.807, 2.05) is 25.1 Å². The lowest BCUT2D eigenvalue weighted by molar-refractivity contribution is 0.405. The minimum atomic E-state index is -2.87. The molecule has 0 aliphatic rings. The van der Waals surface area contributed by atoms with Crippen LogP contribution in [0.1, 0.15) is 31.9 Å².